The van der Waals surface area contributed by atoms with Crippen LogP contribution in [0.15, 0.2) is 16.5 Å². The summed E-state index contributed by atoms with van der Waals surface area (Å²) >= 11 is 0. The van der Waals surface area contributed by atoms with E-state index in [1.807, 2.05) is 13.0 Å². The predicted molar refractivity (Wildman–Crippen MR) is 126 cm³/mol. The van der Waals surface area contributed by atoms with Crippen molar-refractivity contribution in [2.75, 3.05) is 5.32 Å². The number of hydrogen-bond donors (Lipinski definition) is 2. The summed E-state index contributed by atoms with van der Waals surface area (Å²) in [4.78, 5) is 38.9. The molecule has 9 nitrogen and oxygen atoms in total. The molecule has 1 saturated heterocycles. The lowest BCUT2D eigenvalue weighted by Gasteiger charge is -2.43. The van der Waals surface area contributed by atoms with Crippen molar-refractivity contribution in [2.45, 2.75) is 89.3 Å². The van der Waals surface area contributed by atoms with Crippen molar-refractivity contribution in [3.63, 3.8) is 0 Å². The maximum Gasteiger partial charge on any atom is 0.316 e. The van der Waals surface area contributed by atoms with Gasteiger partial charge in [0.05, 0.1) is 5.54 Å². The Morgan fingerprint density at radius 3 is 2.63 bits per heavy atom. The van der Waals surface area contributed by atoms with E-state index in [0.29, 0.717) is 30.5 Å². The van der Waals surface area contributed by atoms with Gasteiger partial charge in [-0.05, 0) is 74.1 Å². The van der Waals surface area contributed by atoms with Gasteiger partial charge in [-0.2, -0.15) is 0 Å². The van der Waals surface area contributed by atoms with Gasteiger partial charge < -0.3 is 14.6 Å². The average Bonchev–Trinajstić information content (AvgIpc) is 3.30. The van der Waals surface area contributed by atoms with Crippen LogP contribution in [-0.4, -0.2) is 38.9 Å². The van der Waals surface area contributed by atoms with Crippen molar-refractivity contribution in [3.05, 3.63) is 40.3 Å². The second-order valence-corrected chi connectivity index (χ2v) is 11.0. The highest BCUT2D eigenvalue weighted by Gasteiger charge is 2.49. The molecule has 1 unspecified atom stereocenters. The number of piperidine rings is 1. The number of nitrogens with one attached hydrogen (secondary N) is 2. The monoisotopic (exact) mass is 477 g/mol. The van der Waals surface area contributed by atoms with E-state index in [0.717, 1.165) is 54.7 Å². The molecule has 0 radical (unpaired) electrons. The number of nitrogens with zero attached hydrogens (tertiary/aromatic N) is 3. The maximum absolute atomic E-state index is 13.3. The van der Waals surface area contributed by atoms with E-state index in [1.165, 1.54) is 0 Å². The lowest BCUT2D eigenvalue weighted by molar-refractivity contribution is -0.136. The Morgan fingerprint density at radius 2 is 1.97 bits per heavy atom. The number of rotatable bonds is 6. The lowest BCUT2D eigenvalue weighted by atomic mass is 9.61. The average molecular weight is 478 g/mol. The number of aromatic nitrogens is 2. The third-order valence-corrected chi connectivity index (χ3v) is 8.56. The molecule has 2 aliphatic heterocycles. The molecule has 184 valence electrons. The van der Waals surface area contributed by atoms with Crippen LogP contribution in [0.1, 0.15) is 91.7 Å². The fourth-order valence-corrected chi connectivity index (χ4v) is 6.31. The highest BCUT2D eigenvalue weighted by Crippen LogP contribution is 2.52. The third-order valence-electron chi connectivity index (χ3n) is 8.56. The van der Waals surface area contributed by atoms with Gasteiger partial charge in [0.2, 0.25) is 17.7 Å². The Balaban J connectivity index is 1.24. The fraction of sp³-hybridized carbons (Fsp3) is 0.577. The number of carbonyl (C=O) groups is 3. The molecule has 9 heteroatoms. The first kappa shape index (κ1) is 22.2. The van der Waals surface area contributed by atoms with Crippen LogP contribution in [0.3, 0.4) is 0 Å². The molecule has 6 rings (SSSR count). The largest absolute Gasteiger partial charge is 0.408 e. The summed E-state index contributed by atoms with van der Waals surface area (Å²) in [6.45, 7) is 6.82. The highest BCUT2D eigenvalue weighted by atomic mass is 16.4. The summed E-state index contributed by atoms with van der Waals surface area (Å²) in [5, 5.41) is 14.5. The van der Waals surface area contributed by atoms with Crippen molar-refractivity contribution in [2.24, 2.45) is 5.92 Å². The van der Waals surface area contributed by atoms with Gasteiger partial charge in [-0.1, -0.05) is 25.0 Å². The predicted octanol–water partition coefficient (Wildman–Crippen LogP) is 3.32. The van der Waals surface area contributed by atoms with E-state index in [1.54, 1.807) is 4.90 Å². The molecule has 2 N–H and O–H groups in total. The standard InChI is InChI=1S/C26H31N5O4/c1-4-25(11-14(2)12-25)23-29-30-24(35-23)28-26(7-8-26)16-9-15(3)18-13-31(22(34)17(18)10-16)19-5-6-20(32)27-21(19)33/h9-10,14,19H,4-8,11-13H2,1-3H3,(H,28,30)(H,27,32,33). The van der Waals surface area contributed by atoms with Crippen molar-refractivity contribution in [1.29, 1.82) is 0 Å². The normalized spacial score (nSPS) is 29.0. The topological polar surface area (TPSA) is 117 Å². The van der Waals surface area contributed by atoms with Gasteiger partial charge in [0.1, 0.15) is 6.04 Å². The van der Waals surface area contributed by atoms with Gasteiger partial charge in [0.25, 0.3) is 5.91 Å². The van der Waals surface area contributed by atoms with E-state index < -0.39 is 11.9 Å². The van der Waals surface area contributed by atoms with Crippen LogP contribution < -0.4 is 10.6 Å². The van der Waals surface area contributed by atoms with E-state index in [2.05, 4.69) is 40.7 Å². The van der Waals surface area contributed by atoms with Crippen LogP contribution in [0.2, 0.25) is 0 Å². The van der Waals surface area contributed by atoms with Crippen LogP contribution in [0.25, 0.3) is 0 Å². The van der Waals surface area contributed by atoms with Gasteiger partial charge in [-0.25, -0.2) is 0 Å². The zero-order valence-corrected chi connectivity index (χ0v) is 20.4. The number of amides is 3. The van der Waals surface area contributed by atoms with E-state index in [4.69, 9.17) is 4.42 Å². The fourth-order valence-electron chi connectivity index (χ4n) is 6.31. The summed E-state index contributed by atoms with van der Waals surface area (Å²) in [7, 11) is 0. The summed E-state index contributed by atoms with van der Waals surface area (Å²) in [5.41, 5.74) is 3.29. The van der Waals surface area contributed by atoms with Gasteiger partial charge in [0.15, 0.2) is 0 Å². The van der Waals surface area contributed by atoms with Crippen LogP contribution >= 0.6 is 0 Å². The van der Waals surface area contributed by atoms with Gasteiger partial charge in [-0.3, -0.25) is 19.7 Å². The molecule has 2 aromatic rings. The van der Waals surface area contributed by atoms with E-state index in [-0.39, 0.29) is 29.2 Å². The zero-order valence-electron chi connectivity index (χ0n) is 20.4. The van der Waals surface area contributed by atoms with Crippen molar-refractivity contribution < 1.29 is 18.8 Å². The molecule has 2 saturated carbocycles. The number of fused-ring (bicyclic) bond motifs is 1. The molecule has 3 heterocycles. The maximum atomic E-state index is 13.3. The molecule has 3 amide bonds. The minimum atomic E-state index is -0.611. The molecule has 0 spiro atoms. The molecule has 4 aliphatic rings. The third kappa shape index (κ3) is 3.46. The van der Waals surface area contributed by atoms with Gasteiger partial charge in [-0.15, -0.1) is 5.10 Å². The molecule has 2 aliphatic carbocycles. The number of hydrogen-bond acceptors (Lipinski definition) is 7. The Bertz CT molecular complexity index is 1240. The quantitative estimate of drug-likeness (QED) is 0.613. The Hall–Kier alpha value is -3.23. The van der Waals surface area contributed by atoms with Gasteiger partial charge in [0, 0.05) is 23.9 Å². The Kier molecular flexibility index (Phi) is 4.85. The smallest absolute Gasteiger partial charge is 0.316 e. The number of anilines is 1. The summed E-state index contributed by atoms with van der Waals surface area (Å²) in [6, 6.07) is 3.90. The zero-order chi connectivity index (χ0) is 24.5. The molecule has 1 aromatic heterocycles. The van der Waals surface area contributed by atoms with Crippen molar-refractivity contribution in [3.8, 4) is 0 Å². The first-order chi connectivity index (χ1) is 16.7. The molecule has 0 bridgehead atoms. The molecular formula is C26H31N5O4. The molecule has 1 atom stereocenters. The minimum absolute atomic E-state index is 0.000873. The second kappa shape index (κ2) is 7.63. The number of aryl methyl sites for hydroxylation is 1. The number of imide groups is 1. The molecule has 1 aromatic carbocycles. The first-order valence-corrected chi connectivity index (χ1v) is 12.6. The molecule has 3 fully saturated rings. The van der Waals surface area contributed by atoms with Gasteiger partial charge >= 0.3 is 6.01 Å². The first-order valence-electron chi connectivity index (χ1n) is 12.6. The van der Waals surface area contributed by atoms with Crippen LogP contribution in [0.4, 0.5) is 6.01 Å². The van der Waals surface area contributed by atoms with Crippen LogP contribution in [0, 0.1) is 12.8 Å². The molecular weight excluding hydrogens is 446 g/mol. The Labute approximate surface area is 204 Å². The lowest BCUT2D eigenvalue weighted by Crippen LogP contribution is -2.52. The van der Waals surface area contributed by atoms with Crippen molar-refractivity contribution in [1.82, 2.24) is 20.4 Å². The highest BCUT2D eigenvalue weighted by molar-refractivity contribution is 6.05. The minimum Gasteiger partial charge on any atom is -0.408 e. The van der Waals surface area contributed by atoms with Crippen molar-refractivity contribution >= 4 is 23.7 Å². The molecule has 35 heavy (non-hydrogen) atoms. The van der Waals surface area contributed by atoms with E-state index >= 15 is 0 Å². The summed E-state index contributed by atoms with van der Waals surface area (Å²) < 4.78 is 6.11. The number of benzene rings is 1. The van der Waals surface area contributed by atoms with E-state index in [9.17, 15) is 14.4 Å². The van der Waals surface area contributed by atoms with Crippen LogP contribution in [-0.2, 0) is 27.1 Å². The summed E-state index contributed by atoms with van der Waals surface area (Å²) in [5.74, 6) is 0.575. The number of carbonyl (C=O) groups excluding carboxylic acids is 3. The Morgan fingerprint density at radius 1 is 1.20 bits per heavy atom. The SMILES string of the molecule is CCC1(c2nnc(NC3(c4cc(C)c5c(c4)C(=O)N(C4CCC(=O)NC4=O)C5)CC3)o2)CC(C)C1. The summed E-state index contributed by atoms with van der Waals surface area (Å²) in [6.07, 6.45) is 5.56. The second-order valence-electron chi connectivity index (χ2n) is 11.0. The van der Waals surface area contributed by atoms with Crippen LogP contribution in [0.5, 0.6) is 0 Å².